The van der Waals surface area contributed by atoms with Crippen LogP contribution in [0.5, 0.6) is 0 Å². The molecule has 1 aromatic rings. The van der Waals surface area contributed by atoms with Crippen molar-refractivity contribution in [3.63, 3.8) is 0 Å². The van der Waals surface area contributed by atoms with Crippen molar-refractivity contribution in [1.29, 1.82) is 5.26 Å². The van der Waals surface area contributed by atoms with Gasteiger partial charge in [-0.05, 0) is 18.2 Å². The minimum Gasteiger partial charge on any atom is -0.478 e. The number of nitrogens with zero attached hydrogens (tertiary/aromatic N) is 3. The van der Waals surface area contributed by atoms with E-state index < -0.39 is 5.97 Å². The zero-order chi connectivity index (χ0) is 14.8. The number of pyridine rings is 1. The predicted octanol–water partition coefficient (Wildman–Crippen LogP) is 1.55. The average Bonchev–Trinajstić information content (AvgIpc) is 2.46. The van der Waals surface area contributed by atoms with Gasteiger partial charge in [-0.3, -0.25) is 0 Å². The van der Waals surface area contributed by atoms with E-state index >= 15 is 0 Å². The lowest BCUT2D eigenvalue weighted by molar-refractivity contribution is -0.131. The van der Waals surface area contributed by atoms with E-state index in [4.69, 9.17) is 15.1 Å². The van der Waals surface area contributed by atoms with Gasteiger partial charge in [0.25, 0.3) is 0 Å². The number of nitriles is 1. The number of carboxylic acid groups (broad SMARTS) is 1. The number of aromatic nitrogens is 1. The van der Waals surface area contributed by atoms with Crippen LogP contribution in [0.4, 0.5) is 5.82 Å². The molecule has 1 aromatic heterocycles. The van der Waals surface area contributed by atoms with E-state index in [1.165, 1.54) is 6.08 Å². The standard InChI is InChI=1S/C14H17N3O3/c1-20-11-10-17(9-3-7-15)14-12(4-2-8-16-14)5-6-13(18)19/h2,4-6,8H,3,9-11H2,1H3,(H,18,19)/b6-5+. The average molecular weight is 275 g/mol. The molecular formula is C14H17N3O3. The summed E-state index contributed by atoms with van der Waals surface area (Å²) < 4.78 is 5.05. The number of hydrogen-bond donors (Lipinski definition) is 1. The normalized spacial score (nSPS) is 10.4. The van der Waals surface area contributed by atoms with Gasteiger partial charge < -0.3 is 14.7 Å². The molecule has 6 nitrogen and oxygen atoms in total. The summed E-state index contributed by atoms with van der Waals surface area (Å²) in [6, 6.07) is 5.62. The molecular weight excluding hydrogens is 258 g/mol. The fraction of sp³-hybridized carbons (Fsp3) is 0.357. The third-order valence-corrected chi connectivity index (χ3v) is 2.58. The molecule has 1 N–H and O–H groups in total. The topological polar surface area (TPSA) is 86.5 Å². The minimum atomic E-state index is -1.01. The Morgan fingerprint density at radius 1 is 1.60 bits per heavy atom. The van der Waals surface area contributed by atoms with Gasteiger partial charge in [-0.15, -0.1) is 0 Å². The highest BCUT2D eigenvalue weighted by Crippen LogP contribution is 2.18. The number of aliphatic carboxylic acids is 1. The SMILES string of the molecule is COCCN(CCC#N)c1ncccc1/C=C/C(=O)O. The van der Waals surface area contributed by atoms with Crippen LogP contribution in [0, 0.1) is 11.3 Å². The van der Waals surface area contributed by atoms with Crippen molar-refractivity contribution in [2.45, 2.75) is 6.42 Å². The van der Waals surface area contributed by atoms with Crippen LogP contribution in [0.25, 0.3) is 6.08 Å². The molecule has 0 amide bonds. The second kappa shape index (κ2) is 8.67. The first-order valence-electron chi connectivity index (χ1n) is 6.16. The van der Waals surface area contributed by atoms with Crippen molar-refractivity contribution in [2.75, 3.05) is 31.7 Å². The van der Waals surface area contributed by atoms with Gasteiger partial charge in [-0.2, -0.15) is 5.26 Å². The quantitative estimate of drug-likeness (QED) is 0.724. The summed E-state index contributed by atoms with van der Waals surface area (Å²) in [6.45, 7) is 1.61. The molecule has 0 saturated carbocycles. The third-order valence-electron chi connectivity index (χ3n) is 2.58. The maximum absolute atomic E-state index is 10.6. The summed E-state index contributed by atoms with van der Waals surface area (Å²) in [6.07, 6.45) is 4.57. The second-order valence-corrected chi connectivity index (χ2v) is 3.98. The molecule has 0 aliphatic heterocycles. The van der Waals surface area contributed by atoms with Gasteiger partial charge in [0.15, 0.2) is 0 Å². The Balaban J connectivity index is 2.99. The molecule has 0 bridgehead atoms. The van der Waals surface area contributed by atoms with Crippen LogP contribution < -0.4 is 4.90 Å². The molecule has 1 rings (SSSR count). The van der Waals surface area contributed by atoms with E-state index in [-0.39, 0.29) is 0 Å². The number of methoxy groups -OCH3 is 1. The maximum Gasteiger partial charge on any atom is 0.328 e. The predicted molar refractivity (Wildman–Crippen MR) is 75.2 cm³/mol. The Morgan fingerprint density at radius 2 is 2.40 bits per heavy atom. The fourth-order valence-corrected chi connectivity index (χ4v) is 1.67. The van der Waals surface area contributed by atoms with Gasteiger partial charge in [0.1, 0.15) is 5.82 Å². The van der Waals surface area contributed by atoms with Crippen LogP contribution >= 0.6 is 0 Å². The van der Waals surface area contributed by atoms with E-state index in [0.29, 0.717) is 37.5 Å². The van der Waals surface area contributed by atoms with Crippen LogP contribution in [-0.4, -0.2) is 42.9 Å². The van der Waals surface area contributed by atoms with Crippen LogP contribution in [0.3, 0.4) is 0 Å². The Bertz CT molecular complexity index is 509. The molecule has 0 aromatic carbocycles. The molecule has 0 radical (unpaired) electrons. The Kier molecular flexibility index (Phi) is 6.79. The van der Waals surface area contributed by atoms with Crippen molar-refractivity contribution in [1.82, 2.24) is 4.98 Å². The first kappa shape index (κ1) is 15.7. The van der Waals surface area contributed by atoms with Crippen LogP contribution in [0.2, 0.25) is 0 Å². The summed E-state index contributed by atoms with van der Waals surface area (Å²) in [5.41, 5.74) is 0.698. The fourth-order valence-electron chi connectivity index (χ4n) is 1.67. The lowest BCUT2D eigenvalue weighted by Crippen LogP contribution is -2.29. The van der Waals surface area contributed by atoms with Gasteiger partial charge in [0.05, 0.1) is 19.1 Å². The maximum atomic E-state index is 10.6. The Labute approximate surface area is 117 Å². The molecule has 0 fully saturated rings. The summed E-state index contributed by atoms with van der Waals surface area (Å²) in [4.78, 5) is 16.8. The van der Waals surface area contributed by atoms with Crippen molar-refractivity contribution >= 4 is 17.9 Å². The molecule has 106 valence electrons. The number of hydrogen-bond acceptors (Lipinski definition) is 5. The van der Waals surface area contributed by atoms with Crippen molar-refractivity contribution in [3.05, 3.63) is 30.0 Å². The molecule has 0 unspecified atom stereocenters. The molecule has 0 saturated heterocycles. The smallest absolute Gasteiger partial charge is 0.328 e. The largest absolute Gasteiger partial charge is 0.478 e. The van der Waals surface area contributed by atoms with Crippen molar-refractivity contribution in [3.8, 4) is 6.07 Å². The molecule has 0 spiro atoms. The number of anilines is 1. The molecule has 0 aliphatic carbocycles. The monoisotopic (exact) mass is 275 g/mol. The van der Waals surface area contributed by atoms with Gasteiger partial charge >= 0.3 is 5.97 Å². The zero-order valence-corrected chi connectivity index (χ0v) is 11.3. The first-order valence-corrected chi connectivity index (χ1v) is 6.16. The van der Waals surface area contributed by atoms with E-state index in [0.717, 1.165) is 6.08 Å². The summed E-state index contributed by atoms with van der Waals surface area (Å²) in [7, 11) is 1.60. The van der Waals surface area contributed by atoms with Crippen LogP contribution in [0.15, 0.2) is 24.4 Å². The van der Waals surface area contributed by atoms with Crippen molar-refractivity contribution in [2.24, 2.45) is 0 Å². The van der Waals surface area contributed by atoms with E-state index in [1.807, 2.05) is 4.90 Å². The van der Waals surface area contributed by atoms with Crippen LogP contribution in [-0.2, 0) is 9.53 Å². The Hall–Kier alpha value is -2.39. The summed E-state index contributed by atoms with van der Waals surface area (Å²) in [5.74, 6) is -0.363. The molecule has 6 heteroatoms. The highest BCUT2D eigenvalue weighted by Gasteiger charge is 2.11. The number of carbonyl (C=O) groups is 1. The summed E-state index contributed by atoms with van der Waals surface area (Å²) in [5, 5.41) is 17.4. The van der Waals surface area contributed by atoms with Gasteiger partial charge in [0.2, 0.25) is 0 Å². The van der Waals surface area contributed by atoms with Gasteiger partial charge in [-0.25, -0.2) is 9.78 Å². The molecule has 0 aliphatic rings. The summed E-state index contributed by atoms with van der Waals surface area (Å²) >= 11 is 0. The van der Waals surface area contributed by atoms with E-state index in [2.05, 4.69) is 11.1 Å². The van der Waals surface area contributed by atoms with E-state index in [1.54, 1.807) is 25.4 Å². The highest BCUT2D eigenvalue weighted by atomic mass is 16.5. The van der Waals surface area contributed by atoms with E-state index in [9.17, 15) is 4.79 Å². The lowest BCUT2D eigenvalue weighted by atomic mass is 10.2. The van der Waals surface area contributed by atoms with Gasteiger partial charge in [0, 0.05) is 38.0 Å². The highest BCUT2D eigenvalue weighted by molar-refractivity contribution is 5.86. The Morgan fingerprint density at radius 3 is 3.05 bits per heavy atom. The van der Waals surface area contributed by atoms with Crippen molar-refractivity contribution < 1.29 is 14.6 Å². The second-order valence-electron chi connectivity index (χ2n) is 3.98. The minimum absolute atomic E-state index is 0.363. The lowest BCUT2D eigenvalue weighted by Gasteiger charge is -2.23. The van der Waals surface area contributed by atoms with Crippen LogP contribution in [0.1, 0.15) is 12.0 Å². The molecule has 0 atom stereocenters. The molecule has 1 heterocycles. The van der Waals surface area contributed by atoms with Gasteiger partial charge in [-0.1, -0.05) is 0 Å². The number of carboxylic acids is 1. The number of ether oxygens (including phenoxy) is 1. The zero-order valence-electron chi connectivity index (χ0n) is 11.3. The number of rotatable bonds is 8. The molecule has 20 heavy (non-hydrogen) atoms. The third kappa shape index (κ3) is 5.08. The first-order chi connectivity index (χ1) is 9.69.